The van der Waals surface area contributed by atoms with Crippen LogP contribution in [-0.4, -0.2) is 16.0 Å². The summed E-state index contributed by atoms with van der Waals surface area (Å²) in [6, 6.07) is 0.688. The van der Waals surface area contributed by atoms with Gasteiger partial charge in [-0.15, -0.1) is 0 Å². The van der Waals surface area contributed by atoms with Crippen LogP contribution in [0.25, 0.3) is 0 Å². The average Bonchev–Trinajstić information content (AvgIpc) is 2.83. The highest BCUT2D eigenvalue weighted by atomic mass is 15.0. The van der Waals surface area contributed by atoms with Crippen molar-refractivity contribution in [3.63, 3.8) is 0 Å². The zero-order valence-electron chi connectivity index (χ0n) is 10.6. The van der Waals surface area contributed by atoms with Crippen molar-refractivity contribution in [2.75, 3.05) is 0 Å². The Bertz CT molecular complexity index is 332. The Balaban J connectivity index is 1.83. The van der Waals surface area contributed by atoms with E-state index in [1.165, 1.54) is 25.0 Å². The molecule has 0 saturated heterocycles. The topological polar surface area (TPSA) is 40.7 Å². The molecule has 1 heterocycles. The van der Waals surface area contributed by atoms with Crippen LogP contribution in [0, 0.1) is 18.8 Å². The van der Waals surface area contributed by atoms with Gasteiger partial charge in [-0.1, -0.05) is 20.3 Å². The van der Waals surface area contributed by atoms with Gasteiger partial charge in [0.1, 0.15) is 5.82 Å². The zero-order valence-corrected chi connectivity index (χ0v) is 10.6. The molecule has 1 aliphatic carbocycles. The van der Waals surface area contributed by atoms with Gasteiger partial charge in [0, 0.05) is 24.5 Å². The summed E-state index contributed by atoms with van der Waals surface area (Å²) in [6.45, 7) is 7.61. The Morgan fingerprint density at radius 2 is 2.31 bits per heavy atom. The number of nitrogens with one attached hydrogen (secondary N) is 2. The molecule has 0 amide bonds. The van der Waals surface area contributed by atoms with E-state index in [-0.39, 0.29) is 0 Å². The van der Waals surface area contributed by atoms with Crippen molar-refractivity contribution in [1.29, 1.82) is 0 Å². The number of H-pyrrole nitrogens is 1. The van der Waals surface area contributed by atoms with E-state index in [2.05, 4.69) is 29.1 Å². The fourth-order valence-electron chi connectivity index (χ4n) is 2.91. The Hall–Kier alpha value is -0.830. The molecule has 16 heavy (non-hydrogen) atoms. The van der Waals surface area contributed by atoms with Crippen molar-refractivity contribution in [3.05, 3.63) is 17.7 Å². The minimum Gasteiger partial charge on any atom is -0.345 e. The number of aromatic nitrogens is 2. The number of hydrogen-bond acceptors (Lipinski definition) is 2. The van der Waals surface area contributed by atoms with Crippen LogP contribution in [0.5, 0.6) is 0 Å². The van der Waals surface area contributed by atoms with E-state index in [1.807, 2.05) is 13.1 Å². The molecule has 3 heteroatoms. The normalized spacial score (nSPS) is 29.8. The summed E-state index contributed by atoms with van der Waals surface area (Å²) in [5.41, 5.74) is 1.20. The highest BCUT2D eigenvalue weighted by Crippen LogP contribution is 2.33. The number of aryl methyl sites for hydroxylation is 1. The molecule has 3 nitrogen and oxygen atoms in total. The highest BCUT2D eigenvalue weighted by molar-refractivity contribution is 5.00. The Morgan fingerprint density at radius 1 is 1.50 bits per heavy atom. The van der Waals surface area contributed by atoms with Gasteiger partial charge >= 0.3 is 0 Å². The summed E-state index contributed by atoms with van der Waals surface area (Å²) < 4.78 is 0. The van der Waals surface area contributed by atoms with Crippen LogP contribution in [0.1, 0.15) is 44.6 Å². The van der Waals surface area contributed by atoms with E-state index in [4.69, 9.17) is 0 Å². The van der Waals surface area contributed by atoms with Gasteiger partial charge in [0.15, 0.2) is 0 Å². The van der Waals surface area contributed by atoms with Crippen molar-refractivity contribution in [2.24, 2.45) is 11.8 Å². The molecule has 3 atom stereocenters. The average molecular weight is 221 g/mol. The maximum Gasteiger partial charge on any atom is 0.103 e. The van der Waals surface area contributed by atoms with Gasteiger partial charge in [-0.05, 0) is 31.6 Å². The Morgan fingerprint density at radius 3 is 2.88 bits per heavy atom. The van der Waals surface area contributed by atoms with Crippen molar-refractivity contribution in [1.82, 2.24) is 15.3 Å². The molecule has 1 fully saturated rings. The lowest BCUT2D eigenvalue weighted by molar-refractivity contribution is 0.343. The van der Waals surface area contributed by atoms with Gasteiger partial charge in [-0.25, -0.2) is 4.98 Å². The van der Waals surface area contributed by atoms with Crippen molar-refractivity contribution in [2.45, 2.75) is 52.6 Å². The minimum atomic E-state index is 0.688. The highest BCUT2D eigenvalue weighted by Gasteiger charge is 2.30. The second-order valence-electron chi connectivity index (χ2n) is 5.09. The fourth-order valence-corrected chi connectivity index (χ4v) is 2.91. The first-order valence-corrected chi connectivity index (χ1v) is 6.44. The third kappa shape index (κ3) is 2.46. The first-order valence-electron chi connectivity index (χ1n) is 6.44. The molecule has 0 radical (unpaired) electrons. The third-order valence-electron chi connectivity index (χ3n) is 4.06. The smallest absolute Gasteiger partial charge is 0.103 e. The molecule has 0 aliphatic heterocycles. The van der Waals surface area contributed by atoms with Gasteiger partial charge in [0.05, 0.1) is 0 Å². The standard InChI is InChI=1S/C13H23N3/c1-4-11-5-6-13(9(11)2)15-8-12-7-14-10(3)16-12/h7,9,11,13,15H,4-6,8H2,1-3H3,(H,14,16). The van der Waals surface area contributed by atoms with E-state index in [0.717, 1.165) is 24.2 Å². The lowest BCUT2D eigenvalue weighted by Crippen LogP contribution is -2.32. The van der Waals surface area contributed by atoms with E-state index >= 15 is 0 Å². The summed E-state index contributed by atoms with van der Waals surface area (Å²) in [5.74, 6) is 2.73. The number of aromatic amines is 1. The largest absolute Gasteiger partial charge is 0.345 e. The summed E-state index contributed by atoms with van der Waals surface area (Å²) >= 11 is 0. The number of imidazole rings is 1. The Kier molecular flexibility index (Phi) is 3.64. The number of nitrogens with zero attached hydrogens (tertiary/aromatic N) is 1. The van der Waals surface area contributed by atoms with E-state index in [0.29, 0.717) is 6.04 Å². The predicted octanol–water partition coefficient (Wildman–Crippen LogP) is 2.63. The molecule has 1 aromatic heterocycles. The summed E-state index contributed by atoms with van der Waals surface area (Å²) in [4.78, 5) is 7.48. The molecule has 2 N–H and O–H groups in total. The quantitative estimate of drug-likeness (QED) is 0.820. The van der Waals surface area contributed by atoms with E-state index < -0.39 is 0 Å². The predicted molar refractivity (Wildman–Crippen MR) is 66.1 cm³/mol. The molecule has 90 valence electrons. The van der Waals surface area contributed by atoms with E-state index in [9.17, 15) is 0 Å². The van der Waals surface area contributed by atoms with Crippen LogP contribution < -0.4 is 5.32 Å². The molecular weight excluding hydrogens is 198 g/mol. The Labute approximate surface area is 98.1 Å². The van der Waals surface area contributed by atoms with Gasteiger partial charge in [-0.2, -0.15) is 0 Å². The fraction of sp³-hybridized carbons (Fsp3) is 0.769. The van der Waals surface area contributed by atoms with Crippen molar-refractivity contribution in [3.8, 4) is 0 Å². The summed E-state index contributed by atoms with van der Waals surface area (Å²) in [6.07, 6.45) is 5.96. The lowest BCUT2D eigenvalue weighted by atomic mass is 9.93. The van der Waals surface area contributed by atoms with Crippen LogP contribution in [0.15, 0.2) is 6.20 Å². The molecule has 1 aromatic rings. The second-order valence-corrected chi connectivity index (χ2v) is 5.09. The zero-order chi connectivity index (χ0) is 11.5. The number of hydrogen-bond donors (Lipinski definition) is 2. The first-order chi connectivity index (χ1) is 7.70. The summed E-state index contributed by atoms with van der Waals surface area (Å²) in [7, 11) is 0. The molecule has 0 bridgehead atoms. The van der Waals surface area contributed by atoms with Crippen LogP contribution in [0.2, 0.25) is 0 Å². The van der Waals surface area contributed by atoms with Crippen molar-refractivity contribution >= 4 is 0 Å². The monoisotopic (exact) mass is 221 g/mol. The molecular formula is C13H23N3. The third-order valence-corrected chi connectivity index (χ3v) is 4.06. The van der Waals surface area contributed by atoms with Gasteiger partial charge in [-0.3, -0.25) is 0 Å². The second kappa shape index (κ2) is 5.00. The van der Waals surface area contributed by atoms with Crippen LogP contribution >= 0.6 is 0 Å². The summed E-state index contributed by atoms with van der Waals surface area (Å²) in [5, 5.41) is 3.65. The maximum absolute atomic E-state index is 4.22. The van der Waals surface area contributed by atoms with Gasteiger partial charge < -0.3 is 10.3 Å². The van der Waals surface area contributed by atoms with Crippen molar-refractivity contribution < 1.29 is 0 Å². The SMILES string of the molecule is CCC1CCC(NCc2cnc(C)[nH]2)C1C. The molecule has 1 aliphatic rings. The van der Waals surface area contributed by atoms with E-state index in [1.54, 1.807) is 0 Å². The van der Waals surface area contributed by atoms with Crippen LogP contribution in [-0.2, 0) is 6.54 Å². The van der Waals surface area contributed by atoms with Gasteiger partial charge in [0.25, 0.3) is 0 Å². The first kappa shape index (κ1) is 11.6. The molecule has 0 aromatic carbocycles. The maximum atomic E-state index is 4.22. The lowest BCUT2D eigenvalue weighted by Gasteiger charge is -2.20. The molecule has 3 unspecified atom stereocenters. The molecule has 0 spiro atoms. The minimum absolute atomic E-state index is 0.688. The van der Waals surface area contributed by atoms with Crippen LogP contribution in [0.3, 0.4) is 0 Å². The number of rotatable bonds is 4. The van der Waals surface area contributed by atoms with Crippen LogP contribution in [0.4, 0.5) is 0 Å². The molecule has 2 rings (SSSR count). The molecule has 1 saturated carbocycles. The van der Waals surface area contributed by atoms with Gasteiger partial charge in [0.2, 0.25) is 0 Å².